The maximum absolute atomic E-state index is 12.3. The number of fused-ring (bicyclic) bond motifs is 1. The lowest BCUT2D eigenvalue weighted by atomic mass is 10.1. The van der Waals surface area contributed by atoms with Crippen molar-refractivity contribution < 1.29 is 19.0 Å². The van der Waals surface area contributed by atoms with Crippen molar-refractivity contribution in [2.75, 3.05) is 33.4 Å². The van der Waals surface area contributed by atoms with E-state index < -0.39 is 0 Å². The summed E-state index contributed by atoms with van der Waals surface area (Å²) in [6.07, 6.45) is 1.10. The molecule has 26 heavy (non-hydrogen) atoms. The first-order valence-corrected chi connectivity index (χ1v) is 9.00. The molecule has 0 bridgehead atoms. The molecule has 0 unspecified atom stereocenters. The molecule has 1 aliphatic heterocycles. The van der Waals surface area contributed by atoms with Crippen LogP contribution >= 0.6 is 11.6 Å². The second kappa shape index (κ2) is 8.81. The van der Waals surface area contributed by atoms with Gasteiger partial charge < -0.3 is 19.1 Å². The monoisotopic (exact) mass is 375 g/mol. The number of carbonyl (C=O) groups is 1. The van der Waals surface area contributed by atoms with Crippen LogP contribution in [-0.2, 0) is 11.2 Å². The van der Waals surface area contributed by atoms with E-state index in [4.69, 9.17) is 25.8 Å². The summed E-state index contributed by atoms with van der Waals surface area (Å²) in [7, 11) is 1.79. The average Bonchev–Trinajstić information content (AvgIpc) is 2.66. The van der Waals surface area contributed by atoms with Crippen molar-refractivity contribution in [3.05, 3.63) is 53.1 Å². The van der Waals surface area contributed by atoms with Gasteiger partial charge in [-0.15, -0.1) is 0 Å². The molecule has 0 spiro atoms. The third kappa shape index (κ3) is 5.05. The summed E-state index contributed by atoms with van der Waals surface area (Å²) in [5, 5.41) is 0.631. The molecule has 0 atom stereocenters. The number of ether oxygens (including phenoxy) is 3. The van der Waals surface area contributed by atoms with Gasteiger partial charge in [-0.3, -0.25) is 4.79 Å². The second-order valence-corrected chi connectivity index (χ2v) is 6.54. The summed E-state index contributed by atoms with van der Waals surface area (Å²) in [5.41, 5.74) is 1.06. The van der Waals surface area contributed by atoms with Crippen molar-refractivity contribution in [3.8, 4) is 17.2 Å². The third-order valence-corrected chi connectivity index (χ3v) is 4.39. The molecule has 2 aromatic rings. The molecule has 0 N–H and O–H groups in total. The van der Waals surface area contributed by atoms with Gasteiger partial charge in [-0.25, -0.2) is 0 Å². The molecule has 1 amide bonds. The van der Waals surface area contributed by atoms with Crippen LogP contribution in [0, 0.1) is 0 Å². The number of carbonyl (C=O) groups excluding carboxylic acids is 1. The van der Waals surface area contributed by atoms with E-state index in [-0.39, 0.29) is 5.91 Å². The fraction of sp³-hybridized carbons (Fsp3) is 0.350. The highest BCUT2D eigenvalue weighted by molar-refractivity contribution is 6.30. The fourth-order valence-corrected chi connectivity index (χ4v) is 2.85. The maximum atomic E-state index is 12.3. The van der Waals surface area contributed by atoms with Crippen LogP contribution in [0.3, 0.4) is 0 Å². The Morgan fingerprint density at radius 2 is 1.96 bits per heavy atom. The zero-order valence-corrected chi connectivity index (χ0v) is 15.5. The number of aryl methyl sites for hydroxylation is 1. The highest BCUT2D eigenvalue weighted by Crippen LogP contribution is 2.31. The first-order chi connectivity index (χ1) is 12.6. The Kier molecular flexibility index (Phi) is 6.23. The normalized spacial score (nSPS) is 12.5. The van der Waals surface area contributed by atoms with Crippen LogP contribution in [0.2, 0.25) is 5.02 Å². The van der Waals surface area contributed by atoms with Crippen LogP contribution in [0.15, 0.2) is 42.5 Å². The molecule has 6 heteroatoms. The minimum atomic E-state index is 0.0783. The Labute approximate surface area is 158 Å². The van der Waals surface area contributed by atoms with E-state index in [1.807, 2.05) is 30.3 Å². The third-order valence-electron chi connectivity index (χ3n) is 4.15. The lowest BCUT2D eigenvalue weighted by Crippen LogP contribution is -2.31. The predicted octanol–water partition coefficient (Wildman–Crippen LogP) is 3.58. The van der Waals surface area contributed by atoms with Crippen molar-refractivity contribution in [2.24, 2.45) is 0 Å². The van der Waals surface area contributed by atoms with Gasteiger partial charge in [0.2, 0.25) is 5.91 Å². The molecule has 0 saturated carbocycles. The number of rotatable bonds is 7. The van der Waals surface area contributed by atoms with Gasteiger partial charge >= 0.3 is 0 Å². The Morgan fingerprint density at radius 3 is 2.77 bits per heavy atom. The van der Waals surface area contributed by atoms with E-state index in [1.54, 1.807) is 24.1 Å². The van der Waals surface area contributed by atoms with Crippen LogP contribution in [-0.4, -0.2) is 44.2 Å². The van der Waals surface area contributed by atoms with E-state index in [9.17, 15) is 4.79 Å². The van der Waals surface area contributed by atoms with Crippen molar-refractivity contribution in [3.63, 3.8) is 0 Å². The first kappa shape index (κ1) is 18.4. The van der Waals surface area contributed by atoms with E-state index in [2.05, 4.69) is 0 Å². The quantitative estimate of drug-likeness (QED) is 0.742. The molecule has 0 radical (unpaired) electrons. The predicted molar refractivity (Wildman–Crippen MR) is 100 cm³/mol. The Balaban J connectivity index is 1.42. The summed E-state index contributed by atoms with van der Waals surface area (Å²) in [6, 6.07) is 13.0. The molecule has 0 aliphatic carbocycles. The average molecular weight is 376 g/mol. The van der Waals surface area contributed by atoms with Crippen molar-refractivity contribution in [2.45, 2.75) is 12.8 Å². The maximum Gasteiger partial charge on any atom is 0.222 e. The van der Waals surface area contributed by atoms with Gasteiger partial charge in [-0.1, -0.05) is 23.7 Å². The number of amides is 1. The molecule has 0 fully saturated rings. The molecule has 0 saturated heterocycles. The number of hydrogen-bond donors (Lipinski definition) is 0. The van der Waals surface area contributed by atoms with Gasteiger partial charge in [0.1, 0.15) is 25.6 Å². The van der Waals surface area contributed by atoms with Gasteiger partial charge in [-0.05, 0) is 42.3 Å². The molecule has 1 aliphatic rings. The molecule has 5 nitrogen and oxygen atoms in total. The Hall–Kier alpha value is -2.40. The van der Waals surface area contributed by atoms with E-state index in [0.717, 1.165) is 17.1 Å². The summed E-state index contributed by atoms with van der Waals surface area (Å²) in [4.78, 5) is 14.0. The van der Waals surface area contributed by atoms with Crippen molar-refractivity contribution >= 4 is 17.5 Å². The van der Waals surface area contributed by atoms with E-state index >= 15 is 0 Å². The van der Waals surface area contributed by atoms with Crippen LogP contribution in [0.1, 0.15) is 12.0 Å². The van der Waals surface area contributed by atoms with Crippen LogP contribution in [0.4, 0.5) is 0 Å². The summed E-state index contributed by atoms with van der Waals surface area (Å²) < 4.78 is 16.7. The molecule has 0 aromatic heterocycles. The Bertz CT molecular complexity index is 765. The summed E-state index contributed by atoms with van der Waals surface area (Å²) in [6.45, 7) is 2.08. The second-order valence-electron chi connectivity index (χ2n) is 6.10. The van der Waals surface area contributed by atoms with Gasteiger partial charge in [0.15, 0.2) is 11.5 Å². The molecule has 2 aromatic carbocycles. The lowest BCUT2D eigenvalue weighted by Gasteiger charge is -2.19. The largest absolute Gasteiger partial charge is 0.492 e. The summed E-state index contributed by atoms with van der Waals surface area (Å²) in [5.74, 6) is 2.30. The number of benzene rings is 2. The number of nitrogens with zero attached hydrogens (tertiary/aromatic N) is 1. The highest BCUT2D eigenvalue weighted by Gasteiger charge is 2.13. The first-order valence-electron chi connectivity index (χ1n) is 8.63. The lowest BCUT2D eigenvalue weighted by molar-refractivity contribution is -0.130. The number of likely N-dealkylation sites (N-methyl/N-ethyl adjacent to an activating group) is 1. The van der Waals surface area contributed by atoms with Crippen LogP contribution < -0.4 is 14.2 Å². The standard InChI is InChI=1S/C20H22ClNO4/c1-22(9-10-24-17-4-2-3-16(21)14-17)20(23)8-6-15-5-7-18-19(13-15)26-12-11-25-18/h2-5,7,13-14H,6,8-12H2,1H3. The van der Waals surface area contributed by atoms with Crippen molar-refractivity contribution in [1.82, 2.24) is 4.90 Å². The zero-order chi connectivity index (χ0) is 18.4. The van der Waals surface area contributed by atoms with Gasteiger partial charge in [0, 0.05) is 18.5 Å². The molecule has 1 heterocycles. The van der Waals surface area contributed by atoms with E-state index in [1.165, 1.54) is 0 Å². The van der Waals surface area contributed by atoms with Crippen LogP contribution in [0.5, 0.6) is 17.2 Å². The summed E-state index contributed by atoms with van der Waals surface area (Å²) >= 11 is 5.92. The van der Waals surface area contributed by atoms with Crippen molar-refractivity contribution in [1.29, 1.82) is 0 Å². The minimum absolute atomic E-state index is 0.0783. The van der Waals surface area contributed by atoms with Gasteiger partial charge in [-0.2, -0.15) is 0 Å². The molecule has 3 rings (SSSR count). The minimum Gasteiger partial charge on any atom is -0.492 e. The molecular weight excluding hydrogens is 354 g/mol. The zero-order valence-electron chi connectivity index (χ0n) is 14.7. The van der Waals surface area contributed by atoms with Gasteiger partial charge in [0.25, 0.3) is 0 Å². The SMILES string of the molecule is CN(CCOc1cccc(Cl)c1)C(=O)CCc1ccc2c(c1)OCCO2. The number of hydrogen-bond acceptors (Lipinski definition) is 4. The van der Waals surface area contributed by atoms with Crippen LogP contribution in [0.25, 0.3) is 0 Å². The molecular formula is C20H22ClNO4. The Morgan fingerprint density at radius 1 is 1.15 bits per heavy atom. The smallest absolute Gasteiger partial charge is 0.222 e. The highest BCUT2D eigenvalue weighted by atomic mass is 35.5. The number of halogens is 1. The molecule has 138 valence electrons. The fourth-order valence-electron chi connectivity index (χ4n) is 2.67. The topological polar surface area (TPSA) is 48.0 Å². The van der Waals surface area contributed by atoms with E-state index in [0.29, 0.717) is 50.0 Å². The van der Waals surface area contributed by atoms with Gasteiger partial charge in [0.05, 0.1) is 6.54 Å².